The fourth-order valence-corrected chi connectivity index (χ4v) is 6.41. The average molecular weight is 454 g/mol. The van der Waals surface area contributed by atoms with Crippen molar-refractivity contribution in [3.63, 3.8) is 0 Å². The van der Waals surface area contributed by atoms with Crippen molar-refractivity contribution >= 4 is 55.6 Å². The van der Waals surface area contributed by atoms with Gasteiger partial charge in [0.1, 0.15) is 5.82 Å². The van der Waals surface area contributed by atoms with Gasteiger partial charge in [-0.25, -0.2) is 12.8 Å². The van der Waals surface area contributed by atoms with Gasteiger partial charge in [-0.2, -0.15) is 0 Å². The molecule has 1 saturated heterocycles. The molecule has 0 radical (unpaired) electrons. The normalized spacial score (nSPS) is 22.3. The van der Waals surface area contributed by atoms with Crippen LogP contribution in [0, 0.1) is 5.82 Å². The van der Waals surface area contributed by atoms with Gasteiger partial charge in [0.25, 0.3) is 0 Å². The van der Waals surface area contributed by atoms with Crippen molar-refractivity contribution < 1.29 is 17.6 Å². The van der Waals surface area contributed by atoms with Gasteiger partial charge in [0.05, 0.1) is 35.0 Å². The van der Waals surface area contributed by atoms with E-state index in [2.05, 4.69) is 10.3 Å². The van der Waals surface area contributed by atoms with Gasteiger partial charge in [0.15, 0.2) is 15.0 Å². The highest BCUT2D eigenvalue weighted by molar-refractivity contribution is 8.14. The summed E-state index contributed by atoms with van der Waals surface area (Å²) < 4.78 is 38.5. The van der Waals surface area contributed by atoms with E-state index in [1.54, 1.807) is 47.4 Å². The van der Waals surface area contributed by atoms with Crippen LogP contribution in [0.15, 0.2) is 53.5 Å². The fraction of sp³-hybridized carbons (Fsp3) is 0.263. The maximum Gasteiger partial charge on any atom is 0.234 e. The standard InChI is InChI=1S/C19H17ClFN3O3S2/c20-12-4-3-5-13(8-12)22-18(25)9-28-19-23-15-10-29(26,27)11-17(15)24(19)16-7-2-1-6-14(16)21/h1-8,15,17H,9-11H2,(H,22,25)/t15-,17-/m0/s1. The molecule has 0 unspecified atom stereocenters. The molecule has 1 amide bonds. The molecule has 0 aromatic heterocycles. The van der Waals surface area contributed by atoms with Crippen LogP contribution in [0.5, 0.6) is 0 Å². The first-order chi connectivity index (χ1) is 13.8. The Hall–Kier alpha value is -2.10. The van der Waals surface area contributed by atoms with Gasteiger partial charge in [-0.3, -0.25) is 9.79 Å². The number of aliphatic imine (C=N–C) groups is 1. The summed E-state index contributed by atoms with van der Waals surface area (Å²) in [5.74, 6) is -0.842. The van der Waals surface area contributed by atoms with Gasteiger partial charge in [-0.05, 0) is 30.3 Å². The minimum Gasteiger partial charge on any atom is -0.325 e. The molecule has 0 bridgehead atoms. The highest BCUT2D eigenvalue weighted by atomic mass is 35.5. The van der Waals surface area contributed by atoms with Crippen LogP contribution >= 0.6 is 23.4 Å². The number of anilines is 2. The van der Waals surface area contributed by atoms with Crippen LogP contribution in [-0.2, 0) is 14.6 Å². The van der Waals surface area contributed by atoms with E-state index in [4.69, 9.17) is 11.6 Å². The largest absolute Gasteiger partial charge is 0.325 e. The predicted molar refractivity (Wildman–Crippen MR) is 115 cm³/mol. The molecule has 1 fully saturated rings. The van der Waals surface area contributed by atoms with Gasteiger partial charge in [0.2, 0.25) is 5.91 Å². The zero-order chi connectivity index (χ0) is 20.6. The van der Waals surface area contributed by atoms with Crippen molar-refractivity contribution in [3.05, 3.63) is 59.4 Å². The number of halogens is 2. The Labute approximate surface area is 177 Å². The molecule has 1 N–H and O–H groups in total. The topological polar surface area (TPSA) is 78.8 Å². The van der Waals surface area contributed by atoms with Crippen LogP contribution < -0.4 is 10.2 Å². The summed E-state index contributed by atoms with van der Waals surface area (Å²) in [6, 6.07) is 12.0. The lowest BCUT2D eigenvalue weighted by atomic mass is 10.1. The summed E-state index contributed by atoms with van der Waals surface area (Å²) in [5.41, 5.74) is 0.837. The summed E-state index contributed by atoms with van der Waals surface area (Å²) in [5, 5.41) is 3.70. The number of hydrogen-bond acceptors (Lipinski definition) is 6. The van der Waals surface area contributed by atoms with E-state index >= 15 is 0 Å². The van der Waals surface area contributed by atoms with Crippen LogP contribution in [0.2, 0.25) is 5.02 Å². The number of carbonyl (C=O) groups is 1. The van der Waals surface area contributed by atoms with Gasteiger partial charge < -0.3 is 10.2 Å². The predicted octanol–water partition coefficient (Wildman–Crippen LogP) is 3.19. The van der Waals surface area contributed by atoms with Crippen LogP contribution in [0.3, 0.4) is 0 Å². The third-order valence-corrected chi connectivity index (χ3v) is 7.56. The summed E-state index contributed by atoms with van der Waals surface area (Å²) in [7, 11) is -3.23. The molecular weight excluding hydrogens is 437 g/mol. The molecule has 6 nitrogen and oxygen atoms in total. The second kappa shape index (κ2) is 7.97. The number of nitrogens with zero attached hydrogens (tertiary/aromatic N) is 2. The number of nitrogens with one attached hydrogen (secondary N) is 1. The summed E-state index contributed by atoms with van der Waals surface area (Å²) in [6.45, 7) is 0. The van der Waals surface area contributed by atoms with Crippen LogP contribution in [-0.4, -0.2) is 48.8 Å². The first-order valence-electron chi connectivity index (χ1n) is 8.82. The summed E-state index contributed by atoms with van der Waals surface area (Å²) in [4.78, 5) is 18.4. The van der Waals surface area contributed by atoms with E-state index in [1.807, 2.05) is 0 Å². The zero-order valence-electron chi connectivity index (χ0n) is 15.1. The molecule has 152 valence electrons. The second-order valence-electron chi connectivity index (χ2n) is 6.79. The average Bonchev–Trinajstić information content (AvgIpc) is 3.12. The number of amidine groups is 1. The molecule has 2 aliphatic rings. The monoisotopic (exact) mass is 453 g/mol. The van der Waals surface area contributed by atoms with E-state index in [9.17, 15) is 17.6 Å². The fourth-order valence-electron chi connectivity index (χ4n) is 3.46. The molecule has 2 aromatic carbocycles. The molecule has 0 saturated carbocycles. The Bertz CT molecular complexity index is 1090. The lowest BCUT2D eigenvalue weighted by molar-refractivity contribution is -0.113. The van der Waals surface area contributed by atoms with Gasteiger partial charge in [0, 0.05) is 10.7 Å². The highest BCUT2D eigenvalue weighted by Crippen LogP contribution is 2.36. The van der Waals surface area contributed by atoms with Crippen molar-refractivity contribution in [1.29, 1.82) is 0 Å². The number of benzene rings is 2. The van der Waals surface area contributed by atoms with Crippen LogP contribution in [0.25, 0.3) is 0 Å². The quantitative estimate of drug-likeness (QED) is 0.769. The lowest BCUT2D eigenvalue weighted by Crippen LogP contribution is -2.40. The summed E-state index contributed by atoms with van der Waals surface area (Å²) in [6.07, 6.45) is 0. The Balaban J connectivity index is 1.52. The molecule has 4 rings (SSSR count). The smallest absolute Gasteiger partial charge is 0.234 e. The van der Waals surface area contributed by atoms with Gasteiger partial charge in [-0.15, -0.1) is 0 Å². The number of thioether (sulfide) groups is 1. The SMILES string of the molecule is O=C(CSC1=N[C@H]2CS(=O)(=O)C[C@@H]2N1c1ccccc1F)Nc1cccc(Cl)c1. The maximum absolute atomic E-state index is 14.4. The molecule has 2 aromatic rings. The van der Waals surface area contributed by atoms with Crippen molar-refractivity contribution in [2.75, 3.05) is 27.5 Å². The first-order valence-corrected chi connectivity index (χ1v) is 12.0. The molecule has 10 heteroatoms. The van der Waals surface area contributed by atoms with Crippen molar-refractivity contribution in [2.45, 2.75) is 12.1 Å². The number of carbonyl (C=O) groups excluding carboxylic acids is 1. The molecule has 2 aliphatic heterocycles. The minimum absolute atomic E-state index is 0.0441. The van der Waals surface area contributed by atoms with E-state index < -0.39 is 27.7 Å². The molecule has 0 spiro atoms. The second-order valence-corrected chi connectivity index (χ2v) is 10.3. The molecule has 29 heavy (non-hydrogen) atoms. The zero-order valence-corrected chi connectivity index (χ0v) is 17.5. The lowest BCUT2D eigenvalue weighted by Gasteiger charge is -2.26. The van der Waals surface area contributed by atoms with Crippen molar-refractivity contribution in [1.82, 2.24) is 0 Å². The number of hydrogen-bond donors (Lipinski definition) is 1. The third-order valence-electron chi connectivity index (χ3n) is 4.66. The number of fused-ring (bicyclic) bond motifs is 1. The Morgan fingerprint density at radius 3 is 2.79 bits per heavy atom. The third kappa shape index (κ3) is 4.41. The van der Waals surface area contributed by atoms with Gasteiger partial charge in [-0.1, -0.05) is 41.6 Å². The molecular formula is C19H17ClFN3O3S2. The minimum atomic E-state index is -3.23. The van der Waals surface area contributed by atoms with Crippen LogP contribution in [0.4, 0.5) is 15.8 Å². The van der Waals surface area contributed by atoms with Crippen molar-refractivity contribution in [3.8, 4) is 0 Å². The summed E-state index contributed by atoms with van der Waals surface area (Å²) >= 11 is 7.07. The van der Waals surface area contributed by atoms with Crippen molar-refractivity contribution in [2.24, 2.45) is 4.99 Å². The van der Waals surface area contributed by atoms with E-state index in [0.717, 1.165) is 11.8 Å². The molecule has 2 heterocycles. The highest BCUT2D eigenvalue weighted by Gasteiger charge is 2.47. The van der Waals surface area contributed by atoms with E-state index in [0.29, 0.717) is 15.9 Å². The Morgan fingerprint density at radius 1 is 1.24 bits per heavy atom. The number of para-hydroxylation sites is 1. The van der Waals surface area contributed by atoms with Gasteiger partial charge >= 0.3 is 0 Å². The molecule has 0 aliphatic carbocycles. The Morgan fingerprint density at radius 2 is 2.03 bits per heavy atom. The molecule has 2 atom stereocenters. The number of sulfone groups is 1. The number of amides is 1. The first kappa shape index (κ1) is 20.2. The Kier molecular flexibility index (Phi) is 5.54. The van der Waals surface area contributed by atoms with E-state index in [-0.39, 0.29) is 28.9 Å². The number of rotatable bonds is 4. The van der Waals surface area contributed by atoms with Crippen LogP contribution in [0.1, 0.15) is 0 Å². The van der Waals surface area contributed by atoms with E-state index in [1.165, 1.54) is 6.07 Å². The maximum atomic E-state index is 14.4.